The van der Waals surface area contributed by atoms with Crippen molar-refractivity contribution < 1.29 is 39.5 Å². The Bertz CT molecular complexity index is 333. The molecular formula is C9H10F9N. The average molecular weight is 303 g/mol. The van der Waals surface area contributed by atoms with Crippen LogP contribution in [0.25, 0.3) is 0 Å². The first-order chi connectivity index (χ1) is 8.19. The van der Waals surface area contributed by atoms with E-state index in [0.29, 0.717) is 0 Å². The first-order valence-electron chi connectivity index (χ1n) is 5.17. The molecule has 0 amide bonds. The van der Waals surface area contributed by atoms with E-state index in [-0.39, 0.29) is 0 Å². The number of alkyl halides is 9. The second-order valence-corrected chi connectivity index (χ2v) is 4.39. The van der Waals surface area contributed by atoms with Crippen molar-refractivity contribution in [1.82, 2.24) is 4.90 Å². The molecule has 0 atom stereocenters. The summed E-state index contributed by atoms with van der Waals surface area (Å²) in [5.41, 5.74) is -5.39. The van der Waals surface area contributed by atoms with Gasteiger partial charge in [0, 0.05) is 6.54 Å². The monoisotopic (exact) mass is 303 g/mol. The van der Waals surface area contributed by atoms with Gasteiger partial charge < -0.3 is 0 Å². The molecule has 0 saturated carbocycles. The molecule has 1 heterocycles. The zero-order valence-corrected chi connectivity index (χ0v) is 9.76. The highest BCUT2D eigenvalue weighted by Crippen LogP contribution is 2.63. The molecule has 0 bridgehead atoms. The van der Waals surface area contributed by atoms with Crippen molar-refractivity contribution in [3.63, 3.8) is 0 Å². The molecule has 1 nitrogen and oxygen atoms in total. The lowest BCUT2D eigenvalue weighted by atomic mass is 9.83. The summed E-state index contributed by atoms with van der Waals surface area (Å²) in [7, 11) is 0. The van der Waals surface area contributed by atoms with Gasteiger partial charge in [0.15, 0.2) is 0 Å². The van der Waals surface area contributed by atoms with Gasteiger partial charge in [0.2, 0.25) is 5.67 Å². The Hall–Kier alpha value is -0.670. The molecule has 0 radical (unpaired) electrons. The summed E-state index contributed by atoms with van der Waals surface area (Å²) < 4.78 is 119. The van der Waals surface area contributed by atoms with Crippen molar-refractivity contribution in [2.45, 2.75) is 49.9 Å². The van der Waals surface area contributed by atoms with Gasteiger partial charge in [0.25, 0.3) is 0 Å². The van der Waals surface area contributed by atoms with E-state index in [4.69, 9.17) is 0 Å². The summed E-state index contributed by atoms with van der Waals surface area (Å²) in [5, 5.41) is 0. The molecule has 1 rings (SSSR count). The summed E-state index contributed by atoms with van der Waals surface area (Å²) >= 11 is 0. The Morgan fingerprint density at radius 1 is 0.737 bits per heavy atom. The zero-order valence-electron chi connectivity index (χ0n) is 9.76. The van der Waals surface area contributed by atoms with Crippen LogP contribution in [0.1, 0.15) is 20.3 Å². The molecule has 1 fully saturated rings. The SMILES string of the molecule is CCCN1C(F)(F)C(F)(F)C(C)(F)C(F)(F)C1(F)F. The molecule has 1 aliphatic heterocycles. The van der Waals surface area contributed by atoms with Gasteiger partial charge in [0.05, 0.1) is 0 Å². The van der Waals surface area contributed by atoms with E-state index in [1.165, 1.54) is 0 Å². The van der Waals surface area contributed by atoms with Crippen LogP contribution in [-0.4, -0.2) is 41.1 Å². The third-order valence-corrected chi connectivity index (χ3v) is 3.06. The fraction of sp³-hybridized carbons (Fsp3) is 1.00. The highest BCUT2D eigenvalue weighted by atomic mass is 19.3. The largest absolute Gasteiger partial charge is 0.376 e. The fourth-order valence-corrected chi connectivity index (χ4v) is 1.78. The van der Waals surface area contributed by atoms with Gasteiger partial charge in [-0.05, 0) is 13.3 Å². The number of halogens is 9. The van der Waals surface area contributed by atoms with Crippen molar-refractivity contribution in [2.24, 2.45) is 0 Å². The average Bonchev–Trinajstić information content (AvgIpc) is 2.22. The molecule has 0 unspecified atom stereocenters. The van der Waals surface area contributed by atoms with E-state index in [1.54, 1.807) is 0 Å². The smallest absolute Gasteiger partial charge is 0.230 e. The van der Waals surface area contributed by atoms with Gasteiger partial charge >= 0.3 is 23.9 Å². The zero-order chi connectivity index (χ0) is 15.5. The molecule has 0 aromatic carbocycles. The van der Waals surface area contributed by atoms with Crippen molar-refractivity contribution in [2.75, 3.05) is 6.54 Å². The molecule has 0 spiro atoms. The van der Waals surface area contributed by atoms with Gasteiger partial charge in [-0.15, -0.1) is 0 Å². The van der Waals surface area contributed by atoms with Crippen LogP contribution in [0.15, 0.2) is 0 Å². The molecular weight excluding hydrogens is 293 g/mol. The number of rotatable bonds is 2. The number of hydrogen-bond acceptors (Lipinski definition) is 1. The van der Waals surface area contributed by atoms with E-state index >= 15 is 0 Å². The second kappa shape index (κ2) is 3.92. The molecule has 114 valence electrons. The lowest BCUT2D eigenvalue weighted by Crippen LogP contribution is -2.82. The van der Waals surface area contributed by atoms with Crippen LogP contribution < -0.4 is 0 Å². The molecule has 1 saturated heterocycles. The topological polar surface area (TPSA) is 3.24 Å². The van der Waals surface area contributed by atoms with E-state index in [2.05, 4.69) is 0 Å². The first kappa shape index (κ1) is 16.4. The third-order valence-electron chi connectivity index (χ3n) is 3.06. The van der Waals surface area contributed by atoms with Crippen molar-refractivity contribution in [3.05, 3.63) is 0 Å². The Morgan fingerprint density at radius 3 is 1.32 bits per heavy atom. The minimum absolute atomic E-state index is 0.527. The maximum absolute atomic E-state index is 13.3. The van der Waals surface area contributed by atoms with Crippen molar-refractivity contribution in [1.29, 1.82) is 0 Å². The quantitative estimate of drug-likeness (QED) is 0.552. The van der Waals surface area contributed by atoms with Crippen LogP contribution in [0.5, 0.6) is 0 Å². The normalized spacial score (nSPS) is 31.1. The molecule has 0 aromatic heterocycles. The van der Waals surface area contributed by atoms with Gasteiger partial charge in [-0.25, -0.2) is 4.39 Å². The lowest BCUT2D eigenvalue weighted by Gasteiger charge is -2.53. The van der Waals surface area contributed by atoms with Crippen molar-refractivity contribution in [3.8, 4) is 0 Å². The van der Waals surface area contributed by atoms with Gasteiger partial charge in [-0.1, -0.05) is 6.92 Å². The van der Waals surface area contributed by atoms with E-state index in [9.17, 15) is 39.5 Å². The first-order valence-corrected chi connectivity index (χ1v) is 5.17. The van der Waals surface area contributed by atoms with Crippen LogP contribution in [0.4, 0.5) is 39.5 Å². The molecule has 0 N–H and O–H groups in total. The second-order valence-electron chi connectivity index (χ2n) is 4.39. The van der Waals surface area contributed by atoms with Gasteiger partial charge in [-0.3, -0.25) is 0 Å². The highest BCUT2D eigenvalue weighted by molar-refractivity contribution is 5.16. The van der Waals surface area contributed by atoms with Crippen LogP contribution in [-0.2, 0) is 0 Å². The summed E-state index contributed by atoms with van der Waals surface area (Å²) in [6.07, 6.45) is -0.527. The summed E-state index contributed by atoms with van der Waals surface area (Å²) in [6, 6.07) is -11.5. The standard InChI is InChI=1S/C9H10F9N/c1-3-4-19-8(15,16)6(11,12)5(2,10)7(13,14)9(19,17)18/h3-4H2,1-2H3. The summed E-state index contributed by atoms with van der Waals surface area (Å²) in [5.74, 6) is -11.9. The molecule has 19 heavy (non-hydrogen) atoms. The van der Waals surface area contributed by atoms with Crippen LogP contribution in [0, 0.1) is 0 Å². The van der Waals surface area contributed by atoms with Crippen LogP contribution in [0.2, 0.25) is 0 Å². The minimum atomic E-state index is -5.97. The van der Waals surface area contributed by atoms with Crippen molar-refractivity contribution >= 4 is 0 Å². The molecule has 0 aromatic rings. The lowest BCUT2D eigenvalue weighted by molar-refractivity contribution is -0.480. The number of nitrogens with zero attached hydrogens (tertiary/aromatic N) is 1. The Kier molecular flexibility index (Phi) is 3.38. The van der Waals surface area contributed by atoms with Gasteiger partial charge in [-0.2, -0.15) is 40.0 Å². The number of likely N-dealkylation sites (tertiary alicyclic amines) is 1. The van der Waals surface area contributed by atoms with Crippen LogP contribution >= 0.6 is 0 Å². The predicted molar refractivity (Wildman–Crippen MR) is 46.3 cm³/mol. The van der Waals surface area contributed by atoms with Crippen LogP contribution in [0.3, 0.4) is 0 Å². The van der Waals surface area contributed by atoms with E-state index in [0.717, 1.165) is 6.92 Å². The minimum Gasteiger partial charge on any atom is -0.230 e. The van der Waals surface area contributed by atoms with E-state index < -0.39 is 54.4 Å². The highest BCUT2D eigenvalue weighted by Gasteiger charge is 2.91. The molecule has 10 heteroatoms. The molecule has 1 aliphatic rings. The molecule has 0 aliphatic carbocycles. The number of hydrogen-bond donors (Lipinski definition) is 0. The van der Waals surface area contributed by atoms with Gasteiger partial charge in [0.1, 0.15) is 0 Å². The maximum atomic E-state index is 13.3. The number of piperidine rings is 1. The maximum Gasteiger partial charge on any atom is 0.376 e. The summed E-state index contributed by atoms with van der Waals surface area (Å²) in [6.45, 7) is -1.05. The van der Waals surface area contributed by atoms with E-state index in [1.807, 2.05) is 0 Å². The fourth-order valence-electron chi connectivity index (χ4n) is 1.78. The Balaban J connectivity index is 3.55. The Morgan fingerprint density at radius 2 is 1.05 bits per heavy atom. The summed E-state index contributed by atoms with van der Waals surface area (Å²) in [4.78, 5) is -1.64. The third kappa shape index (κ3) is 1.61. The predicted octanol–water partition coefficient (Wildman–Crippen LogP) is 3.90. The Labute approximate surface area is 102 Å².